The van der Waals surface area contributed by atoms with Gasteiger partial charge in [-0.2, -0.15) is 5.10 Å². The first kappa shape index (κ1) is 17.6. The van der Waals surface area contributed by atoms with Gasteiger partial charge >= 0.3 is 5.69 Å². The fourth-order valence-electron chi connectivity index (χ4n) is 2.54. The number of hydrazone groups is 1. The van der Waals surface area contributed by atoms with Gasteiger partial charge in [0.1, 0.15) is 12.2 Å². The minimum atomic E-state index is -0.488. The number of aromatic nitrogens is 4. The summed E-state index contributed by atoms with van der Waals surface area (Å²) in [7, 11) is 2.92. The van der Waals surface area contributed by atoms with Crippen LogP contribution in [0.3, 0.4) is 0 Å². The molecule has 9 heteroatoms. The molecule has 0 aliphatic rings. The Balaban J connectivity index is 2.27. The fraction of sp³-hybridized carbons (Fsp3) is 0.533. The molecule has 1 amide bonds. The molecule has 2 heterocycles. The Morgan fingerprint density at radius 3 is 2.58 bits per heavy atom. The molecular formula is C15H22N6O3. The van der Waals surface area contributed by atoms with Crippen molar-refractivity contribution in [1.82, 2.24) is 24.1 Å². The second-order valence-electron chi connectivity index (χ2n) is 6.23. The van der Waals surface area contributed by atoms with E-state index in [2.05, 4.69) is 29.4 Å². The van der Waals surface area contributed by atoms with Crippen molar-refractivity contribution in [3.8, 4) is 0 Å². The molecule has 0 aromatic carbocycles. The van der Waals surface area contributed by atoms with Crippen LogP contribution in [0.5, 0.6) is 0 Å². The first-order valence-corrected chi connectivity index (χ1v) is 7.65. The topological polar surface area (TPSA) is 103 Å². The van der Waals surface area contributed by atoms with Crippen molar-refractivity contribution in [3.63, 3.8) is 0 Å². The number of imidazole rings is 1. The number of hydrogen-bond donors (Lipinski definition) is 1. The SMILES string of the molecule is C/C(CC(C)C)=N\NC(=O)Cn1cnc2c(=O)n(C)c(=O)n(C)c21. The van der Waals surface area contributed by atoms with Crippen LogP contribution in [-0.4, -0.2) is 30.3 Å². The number of fused-ring (bicyclic) bond motifs is 1. The summed E-state index contributed by atoms with van der Waals surface area (Å²) in [5, 5.41) is 4.05. The van der Waals surface area contributed by atoms with Crippen LogP contribution in [0.15, 0.2) is 21.0 Å². The molecule has 0 saturated heterocycles. The highest BCUT2D eigenvalue weighted by Crippen LogP contribution is 2.05. The van der Waals surface area contributed by atoms with E-state index in [1.54, 1.807) is 0 Å². The van der Waals surface area contributed by atoms with Gasteiger partial charge in [-0.15, -0.1) is 0 Å². The Morgan fingerprint density at radius 2 is 1.96 bits per heavy atom. The molecule has 0 aliphatic heterocycles. The van der Waals surface area contributed by atoms with Gasteiger partial charge in [-0.25, -0.2) is 15.2 Å². The van der Waals surface area contributed by atoms with Crippen molar-refractivity contribution >= 4 is 22.8 Å². The molecule has 1 N–H and O–H groups in total. The zero-order valence-corrected chi connectivity index (χ0v) is 14.5. The van der Waals surface area contributed by atoms with Gasteiger partial charge in [-0.05, 0) is 19.3 Å². The summed E-state index contributed by atoms with van der Waals surface area (Å²) in [6.45, 7) is 5.90. The Kier molecular flexibility index (Phi) is 5.01. The van der Waals surface area contributed by atoms with Crippen molar-refractivity contribution in [1.29, 1.82) is 0 Å². The molecule has 2 rings (SSSR count). The lowest BCUT2D eigenvalue weighted by Gasteiger charge is -2.08. The van der Waals surface area contributed by atoms with Gasteiger partial charge in [-0.3, -0.25) is 18.7 Å². The molecular weight excluding hydrogens is 312 g/mol. The Morgan fingerprint density at radius 1 is 1.29 bits per heavy atom. The van der Waals surface area contributed by atoms with Gasteiger partial charge in [0.05, 0.1) is 6.33 Å². The van der Waals surface area contributed by atoms with E-state index in [0.29, 0.717) is 11.6 Å². The summed E-state index contributed by atoms with van der Waals surface area (Å²) in [4.78, 5) is 40.2. The maximum atomic E-state index is 12.1. The van der Waals surface area contributed by atoms with E-state index in [1.807, 2.05) is 6.92 Å². The Bertz CT molecular complexity index is 916. The molecule has 0 saturated carbocycles. The fourth-order valence-corrected chi connectivity index (χ4v) is 2.54. The van der Waals surface area contributed by atoms with E-state index < -0.39 is 11.2 Å². The maximum Gasteiger partial charge on any atom is 0.332 e. The molecule has 0 bridgehead atoms. The highest BCUT2D eigenvalue weighted by molar-refractivity contribution is 5.84. The van der Waals surface area contributed by atoms with Crippen LogP contribution in [0, 0.1) is 5.92 Å². The molecule has 2 aromatic rings. The number of nitrogens with one attached hydrogen (secondary N) is 1. The summed E-state index contributed by atoms with van der Waals surface area (Å²) >= 11 is 0. The highest BCUT2D eigenvalue weighted by atomic mass is 16.2. The summed E-state index contributed by atoms with van der Waals surface area (Å²) in [6, 6.07) is 0. The third-order valence-electron chi connectivity index (χ3n) is 3.60. The minimum Gasteiger partial charge on any atom is -0.307 e. The second kappa shape index (κ2) is 6.81. The van der Waals surface area contributed by atoms with Crippen LogP contribution >= 0.6 is 0 Å². The van der Waals surface area contributed by atoms with Crippen molar-refractivity contribution in [2.24, 2.45) is 25.1 Å². The maximum absolute atomic E-state index is 12.1. The Labute approximate surface area is 138 Å². The lowest BCUT2D eigenvalue weighted by Crippen LogP contribution is -2.37. The zero-order chi connectivity index (χ0) is 18.0. The minimum absolute atomic E-state index is 0.0879. The molecule has 0 spiro atoms. The number of rotatable bonds is 5. The quantitative estimate of drug-likeness (QED) is 0.612. The average molecular weight is 334 g/mol. The van der Waals surface area contributed by atoms with E-state index in [0.717, 1.165) is 16.7 Å². The van der Waals surface area contributed by atoms with E-state index in [9.17, 15) is 14.4 Å². The largest absolute Gasteiger partial charge is 0.332 e. The van der Waals surface area contributed by atoms with Crippen LogP contribution in [0.4, 0.5) is 0 Å². The predicted molar refractivity (Wildman–Crippen MR) is 90.9 cm³/mol. The van der Waals surface area contributed by atoms with Crippen LogP contribution in [0.25, 0.3) is 11.2 Å². The van der Waals surface area contributed by atoms with E-state index in [4.69, 9.17) is 0 Å². The van der Waals surface area contributed by atoms with Gasteiger partial charge in [0.25, 0.3) is 11.5 Å². The van der Waals surface area contributed by atoms with Gasteiger partial charge in [0.2, 0.25) is 0 Å². The summed E-state index contributed by atoms with van der Waals surface area (Å²) in [5.74, 6) is 0.0968. The van der Waals surface area contributed by atoms with Crippen LogP contribution in [0.1, 0.15) is 27.2 Å². The number of aryl methyl sites for hydroxylation is 1. The third kappa shape index (κ3) is 3.44. The van der Waals surface area contributed by atoms with Crippen molar-refractivity contribution in [3.05, 3.63) is 27.2 Å². The molecule has 130 valence electrons. The van der Waals surface area contributed by atoms with Gasteiger partial charge in [-0.1, -0.05) is 13.8 Å². The molecule has 2 aromatic heterocycles. The molecule has 0 atom stereocenters. The van der Waals surface area contributed by atoms with Crippen molar-refractivity contribution in [2.75, 3.05) is 0 Å². The van der Waals surface area contributed by atoms with Crippen molar-refractivity contribution in [2.45, 2.75) is 33.7 Å². The number of nitrogens with zero attached hydrogens (tertiary/aromatic N) is 5. The van der Waals surface area contributed by atoms with E-state index >= 15 is 0 Å². The molecule has 0 aliphatic carbocycles. The molecule has 9 nitrogen and oxygen atoms in total. The van der Waals surface area contributed by atoms with E-state index in [-0.39, 0.29) is 18.0 Å². The predicted octanol–water partition coefficient (Wildman–Crippen LogP) is -0.0281. The number of amides is 1. The standard InChI is InChI=1S/C15H22N6O3/c1-9(2)6-10(3)17-18-11(22)7-21-8-16-12-13(21)19(4)15(24)20(5)14(12)23/h8-9H,6-7H2,1-5H3,(H,18,22)/b17-10+. The smallest absolute Gasteiger partial charge is 0.307 e. The van der Waals surface area contributed by atoms with Gasteiger partial charge in [0.15, 0.2) is 5.52 Å². The monoisotopic (exact) mass is 334 g/mol. The van der Waals surface area contributed by atoms with Crippen molar-refractivity contribution < 1.29 is 4.79 Å². The highest BCUT2D eigenvalue weighted by Gasteiger charge is 2.15. The van der Waals surface area contributed by atoms with Crippen LogP contribution in [0.2, 0.25) is 0 Å². The van der Waals surface area contributed by atoms with Gasteiger partial charge in [0, 0.05) is 19.8 Å². The zero-order valence-electron chi connectivity index (χ0n) is 14.5. The lowest BCUT2D eigenvalue weighted by atomic mass is 10.1. The number of carbonyl (C=O) groups is 1. The molecule has 0 radical (unpaired) electrons. The summed E-state index contributed by atoms with van der Waals surface area (Å²) in [6.07, 6.45) is 2.16. The molecule has 0 fully saturated rings. The summed E-state index contributed by atoms with van der Waals surface area (Å²) < 4.78 is 3.74. The number of hydrogen-bond acceptors (Lipinski definition) is 5. The third-order valence-corrected chi connectivity index (χ3v) is 3.60. The van der Waals surface area contributed by atoms with Crippen LogP contribution < -0.4 is 16.7 Å². The molecule has 24 heavy (non-hydrogen) atoms. The summed E-state index contributed by atoms with van der Waals surface area (Å²) in [5.41, 5.74) is 2.80. The first-order valence-electron chi connectivity index (χ1n) is 7.65. The van der Waals surface area contributed by atoms with E-state index in [1.165, 1.54) is 29.6 Å². The second-order valence-corrected chi connectivity index (χ2v) is 6.23. The number of carbonyl (C=O) groups excluding carboxylic acids is 1. The first-order chi connectivity index (χ1) is 11.2. The lowest BCUT2D eigenvalue weighted by molar-refractivity contribution is -0.121. The Hall–Kier alpha value is -2.71. The van der Waals surface area contributed by atoms with Gasteiger partial charge < -0.3 is 4.57 Å². The average Bonchev–Trinajstić information content (AvgIpc) is 2.92. The normalized spacial score (nSPS) is 12.2. The van der Waals surface area contributed by atoms with Crippen LogP contribution in [-0.2, 0) is 25.4 Å². The molecule has 0 unspecified atom stereocenters.